The van der Waals surface area contributed by atoms with Gasteiger partial charge in [-0.2, -0.15) is 0 Å². The molecule has 5 nitrogen and oxygen atoms in total. The van der Waals surface area contributed by atoms with Gasteiger partial charge in [-0.25, -0.2) is 13.2 Å². The summed E-state index contributed by atoms with van der Waals surface area (Å²) < 4.78 is 22.6. The molecule has 1 aromatic rings. The van der Waals surface area contributed by atoms with Gasteiger partial charge in [0.25, 0.3) is 0 Å². The van der Waals surface area contributed by atoms with E-state index in [1.807, 2.05) is 6.92 Å². The molecule has 0 saturated heterocycles. The van der Waals surface area contributed by atoms with Crippen molar-refractivity contribution in [1.82, 2.24) is 5.32 Å². The molecule has 0 fully saturated rings. The van der Waals surface area contributed by atoms with Gasteiger partial charge >= 0.3 is 6.03 Å². The van der Waals surface area contributed by atoms with E-state index in [-0.39, 0.29) is 10.9 Å². The topological polar surface area (TPSA) is 75.3 Å². The van der Waals surface area contributed by atoms with E-state index < -0.39 is 9.84 Å². The highest BCUT2D eigenvalue weighted by Crippen LogP contribution is 2.14. The fourth-order valence-corrected chi connectivity index (χ4v) is 1.89. The van der Waals surface area contributed by atoms with Crippen molar-refractivity contribution in [2.24, 2.45) is 0 Å². The first-order valence-corrected chi connectivity index (χ1v) is 7.17. The van der Waals surface area contributed by atoms with Crippen molar-refractivity contribution < 1.29 is 13.2 Å². The van der Waals surface area contributed by atoms with E-state index in [2.05, 4.69) is 10.6 Å². The van der Waals surface area contributed by atoms with Crippen molar-refractivity contribution in [2.45, 2.75) is 18.2 Å². The number of urea groups is 1. The van der Waals surface area contributed by atoms with Crippen LogP contribution in [0.3, 0.4) is 0 Å². The molecule has 0 heterocycles. The molecule has 0 aliphatic rings. The molecule has 0 aromatic heterocycles. The Morgan fingerprint density at radius 3 is 2.65 bits per heavy atom. The van der Waals surface area contributed by atoms with Gasteiger partial charge in [0, 0.05) is 18.5 Å². The molecule has 0 spiro atoms. The van der Waals surface area contributed by atoms with Gasteiger partial charge in [-0.1, -0.05) is 13.0 Å². The van der Waals surface area contributed by atoms with Crippen LogP contribution in [-0.4, -0.2) is 27.2 Å². The number of amides is 2. The van der Waals surface area contributed by atoms with E-state index in [9.17, 15) is 13.2 Å². The highest BCUT2D eigenvalue weighted by Gasteiger charge is 2.08. The van der Waals surface area contributed by atoms with Gasteiger partial charge in [0.05, 0.1) is 4.90 Å². The van der Waals surface area contributed by atoms with Crippen molar-refractivity contribution in [2.75, 3.05) is 18.1 Å². The Labute approximate surface area is 101 Å². The smallest absolute Gasteiger partial charge is 0.319 e. The lowest BCUT2D eigenvalue weighted by atomic mass is 10.3. The molecule has 1 aromatic carbocycles. The van der Waals surface area contributed by atoms with E-state index in [0.29, 0.717) is 12.2 Å². The molecule has 0 aliphatic carbocycles. The van der Waals surface area contributed by atoms with E-state index in [1.54, 1.807) is 12.1 Å². The SMILES string of the molecule is CCCNC(=O)Nc1cccc(S(C)(=O)=O)c1. The van der Waals surface area contributed by atoms with Crippen molar-refractivity contribution in [1.29, 1.82) is 0 Å². The maximum Gasteiger partial charge on any atom is 0.319 e. The van der Waals surface area contributed by atoms with E-state index in [1.165, 1.54) is 12.1 Å². The first kappa shape index (κ1) is 13.5. The summed E-state index contributed by atoms with van der Waals surface area (Å²) in [7, 11) is -3.25. The summed E-state index contributed by atoms with van der Waals surface area (Å²) in [6.07, 6.45) is 1.97. The van der Waals surface area contributed by atoms with Gasteiger partial charge in [-0.05, 0) is 24.6 Å². The number of carbonyl (C=O) groups is 1. The van der Waals surface area contributed by atoms with Crippen LogP contribution in [-0.2, 0) is 9.84 Å². The monoisotopic (exact) mass is 256 g/mol. The molecule has 94 valence electrons. The van der Waals surface area contributed by atoms with Gasteiger partial charge in [0.2, 0.25) is 0 Å². The van der Waals surface area contributed by atoms with Crippen LogP contribution in [0, 0.1) is 0 Å². The quantitative estimate of drug-likeness (QED) is 0.859. The zero-order chi connectivity index (χ0) is 12.9. The number of hydrogen-bond acceptors (Lipinski definition) is 3. The largest absolute Gasteiger partial charge is 0.338 e. The van der Waals surface area contributed by atoms with E-state index in [0.717, 1.165) is 12.7 Å². The Bertz CT molecular complexity index is 497. The lowest BCUT2D eigenvalue weighted by Crippen LogP contribution is -2.29. The summed E-state index contributed by atoms with van der Waals surface area (Å²) in [4.78, 5) is 11.5. The first-order chi connectivity index (χ1) is 7.93. The fraction of sp³-hybridized carbons (Fsp3) is 0.364. The normalized spacial score (nSPS) is 10.9. The number of hydrogen-bond donors (Lipinski definition) is 2. The molecular weight excluding hydrogens is 240 g/mol. The highest BCUT2D eigenvalue weighted by atomic mass is 32.2. The summed E-state index contributed by atoms with van der Waals surface area (Å²) in [5.74, 6) is 0. The van der Waals surface area contributed by atoms with Crippen molar-refractivity contribution in [3.05, 3.63) is 24.3 Å². The van der Waals surface area contributed by atoms with Crippen LogP contribution in [0.5, 0.6) is 0 Å². The second-order valence-electron chi connectivity index (χ2n) is 3.68. The Hall–Kier alpha value is -1.56. The predicted octanol–water partition coefficient (Wildman–Crippen LogP) is 1.62. The van der Waals surface area contributed by atoms with Crippen LogP contribution in [0.25, 0.3) is 0 Å². The minimum Gasteiger partial charge on any atom is -0.338 e. The summed E-state index contributed by atoms with van der Waals surface area (Å²) in [5.41, 5.74) is 0.460. The molecule has 0 atom stereocenters. The number of nitrogens with one attached hydrogen (secondary N) is 2. The molecular formula is C11H16N2O3S. The van der Waals surface area contributed by atoms with Gasteiger partial charge in [0.15, 0.2) is 9.84 Å². The average molecular weight is 256 g/mol. The molecule has 6 heteroatoms. The van der Waals surface area contributed by atoms with Crippen LogP contribution in [0.4, 0.5) is 10.5 Å². The second kappa shape index (κ2) is 5.67. The molecule has 2 N–H and O–H groups in total. The minimum absolute atomic E-state index is 0.186. The number of sulfone groups is 1. The number of rotatable bonds is 4. The van der Waals surface area contributed by atoms with E-state index >= 15 is 0 Å². The van der Waals surface area contributed by atoms with Crippen molar-refractivity contribution >= 4 is 21.6 Å². The highest BCUT2D eigenvalue weighted by molar-refractivity contribution is 7.90. The second-order valence-corrected chi connectivity index (χ2v) is 5.70. The Kier molecular flexibility index (Phi) is 4.51. The molecule has 1 rings (SSSR count). The summed E-state index contributed by atoms with van der Waals surface area (Å²) in [6.45, 7) is 2.53. The number of anilines is 1. The molecule has 0 unspecified atom stereocenters. The summed E-state index contributed by atoms with van der Waals surface area (Å²) in [5, 5.41) is 5.21. The Balaban J connectivity index is 2.76. The lowest BCUT2D eigenvalue weighted by Gasteiger charge is -2.07. The van der Waals surface area contributed by atoms with Gasteiger partial charge in [-0.15, -0.1) is 0 Å². The van der Waals surface area contributed by atoms with Crippen LogP contribution in [0.15, 0.2) is 29.2 Å². The fourth-order valence-electron chi connectivity index (χ4n) is 1.22. The van der Waals surface area contributed by atoms with Crippen LogP contribution < -0.4 is 10.6 Å². The number of carbonyl (C=O) groups excluding carboxylic acids is 1. The lowest BCUT2D eigenvalue weighted by molar-refractivity contribution is 0.252. The minimum atomic E-state index is -3.25. The molecule has 0 radical (unpaired) electrons. The Morgan fingerprint density at radius 1 is 1.35 bits per heavy atom. The van der Waals surface area contributed by atoms with Crippen LogP contribution >= 0.6 is 0 Å². The molecule has 2 amide bonds. The van der Waals surface area contributed by atoms with Crippen molar-refractivity contribution in [3.8, 4) is 0 Å². The van der Waals surface area contributed by atoms with Gasteiger partial charge in [0.1, 0.15) is 0 Å². The molecule has 0 aliphatic heterocycles. The zero-order valence-electron chi connectivity index (χ0n) is 9.86. The van der Waals surface area contributed by atoms with Crippen LogP contribution in [0.1, 0.15) is 13.3 Å². The van der Waals surface area contributed by atoms with Gasteiger partial charge < -0.3 is 10.6 Å². The van der Waals surface area contributed by atoms with Crippen molar-refractivity contribution in [3.63, 3.8) is 0 Å². The predicted molar refractivity (Wildman–Crippen MR) is 66.9 cm³/mol. The van der Waals surface area contributed by atoms with Gasteiger partial charge in [-0.3, -0.25) is 0 Å². The summed E-state index contributed by atoms with van der Waals surface area (Å²) in [6, 6.07) is 5.81. The maximum absolute atomic E-state index is 11.4. The third kappa shape index (κ3) is 4.44. The standard InChI is InChI=1S/C11H16N2O3S/c1-3-7-12-11(14)13-9-5-4-6-10(8-9)17(2,15)16/h4-6,8H,3,7H2,1-2H3,(H2,12,13,14). The average Bonchev–Trinajstić information content (AvgIpc) is 2.25. The third-order valence-electron chi connectivity index (χ3n) is 2.06. The molecule has 0 saturated carbocycles. The summed E-state index contributed by atoms with van der Waals surface area (Å²) >= 11 is 0. The molecule has 17 heavy (non-hydrogen) atoms. The number of benzene rings is 1. The first-order valence-electron chi connectivity index (χ1n) is 5.28. The third-order valence-corrected chi connectivity index (χ3v) is 3.17. The maximum atomic E-state index is 11.4. The zero-order valence-corrected chi connectivity index (χ0v) is 10.7. The van der Waals surface area contributed by atoms with E-state index in [4.69, 9.17) is 0 Å². The Morgan fingerprint density at radius 2 is 2.06 bits per heavy atom. The molecule has 0 bridgehead atoms. The van der Waals surface area contributed by atoms with Crippen LogP contribution in [0.2, 0.25) is 0 Å².